The number of ether oxygens (including phenoxy) is 1. The molecule has 1 aliphatic heterocycles. The number of nitrogens with one attached hydrogen (secondary N) is 1. The van der Waals surface area contributed by atoms with Crippen molar-refractivity contribution in [1.29, 1.82) is 5.26 Å². The van der Waals surface area contributed by atoms with E-state index in [4.69, 9.17) is 10.00 Å². The van der Waals surface area contributed by atoms with E-state index in [0.29, 0.717) is 43.2 Å². The molecule has 0 unspecified atom stereocenters. The lowest BCUT2D eigenvalue weighted by Gasteiger charge is -2.29. The Morgan fingerprint density at radius 2 is 2.18 bits per heavy atom. The number of nitrogens with zero attached hydrogens (tertiary/aromatic N) is 3. The number of hydrogen-bond acceptors (Lipinski definition) is 6. The lowest BCUT2D eigenvalue weighted by molar-refractivity contribution is -0.384. The topological polar surface area (TPSA) is 108 Å². The fourth-order valence-electron chi connectivity index (χ4n) is 2.29. The summed E-state index contributed by atoms with van der Waals surface area (Å²) in [5, 5.41) is 22.4. The van der Waals surface area contributed by atoms with Crippen molar-refractivity contribution >= 4 is 23.0 Å². The fourth-order valence-corrected chi connectivity index (χ4v) is 2.29. The van der Waals surface area contributed by atoms with Crippen LogP contribution in [-0.2, 0) is 9.53 Å². The molecule has 1 saturated heterocycles. The molecule has 0 aromatic heterocycles. The average Bonchev–Trinajstić information content (AvgIpc) is 2.50. The summed E-state index contributed by atoms with van der Waals surface area (Å²) < 4.78 is 5.25. The molecule has 1 N–H and O–H groups in total. The van der Waals surface area contributed by atoms with E-state index in [1.165, 1.54) is 6.07 Å². The number of benzene rings is 1. The normalized spacial score (nSPS) is 14.3. The number of nitro groups is 1. The molecule has 116 valence electrons. The number of amides is 1. The van der Waals surface area contributed by atoms with E-state index in [-0.39, 0.29) is 12.1 Å². The first-order valence-corrected chi connectivity index (χ1v) is 6.81. The van der Waals surface area contributed by atoms with Crippen LogP contribution in [0.4, 0.5) is 17.1 Å². The Labute approximate surface area is 127 Å². The van der Waals surface area contributed by atoms with Crippen LogP contribution in [0.2, 0.25) is 0 Å². The van der Waals surface area contributed by atoms with E-state index in [1.807, 2.05) is 4.90 Å². The molecule has 0 bridgehead atoms. The minimum atomic E-state index is -0.438. The van der Waals surface area contributed by atoms with Crippen molar-refractivity contribution in [2.24, 2.45) is 0 Å². The Kier molecular flexibility index (Phi) is 4.91. The minimum absolute atomic E-state index is 0.00215. The standard InChI is InChI=1S/C14H16N4O4/c1-10-8-13(18(20)21)12(17-4-6-22-7-5-17)9-11(10)16-14(19)2-3-15/h8-9H,2,4-7H2,1H3,(H,16,19). The summed E-state index contributed by atoms with van der Waals surface area (Å²) in [6.07, 6.45) is -0.261. The quantitative estimate of drug-likeness (QED) is 0.668. The van der Waals surface area contributed by atoms with Crippen molar-refractivity contribution in [2.45, 2.75) is 13.3 Å². The highest BCUT2D eigenvalue weighted by atomic mass is 16.6. The van der Waals surface area contributed by atoms with Crippen LogP contribution >= 0.6 is 0 Å². The lowest BCUT2D eigenvalue weighted by atomic mass is 10.1. The molecule has 2 rings (SSSR count). The third kappa shape index (κ3) is 3.51. The van der Waals surface area contributed by atoms with Gasteiger partial charge in [0.05, 0.1) is 24.2 Å². The number of nitriles is 1. The van der Waals surface area contributed by atoms with Gasteiger partial charge < -0.3 is 15.0 Å². The first-order chi connectivity index (χ1) is 10.5. The zero-order valence-corrected chi connectivity index (χ0v) is 12.2. The van der Waals surface area contributed by atoms with Gasteiger partial charge in [0.15, 0.2) is 0 Å². The Morgan fingerprint density at radius 1 is 1.50 bits per heavy atom. The number of anilines is 2. The van der Waals surface area contributed by atoms with Gasteiger partial charge in [-0.1, -0.05) is 0 Å². The van der Waals surface area contributed by atoms with E-state index in [1.54, 1.807) is 19.1 Å². The van der Waals surface area contributed by atoms with Crippen molar-refractivity contribution < 1.29 is 14.5 Å². The number of rotatable bonds is 4. The van der Waals surface area contributed by atoms with Crippen molar-refractivity contribution in [2.75, 3.05) is 36.5 Å². The van der Waals surface area contributed by atoms with Crippen LogP contribution in [0.3, 0.4) is 0 Å². The molecule has 1 fully saturated rings. The SMILES string of the molecule is Cc1cc([N+](=O)[O-])c(N2CCOCC2)cc1NC(=O)CC#N. The summed E-state index contributed by atoms with van der Waals surface area (Å²) in [7, 11) is 0. The van der Waals surface area contributed by atoms with Crippen LogP contribution in [-0.4, -0.2) is 37.1 Å². The lowest BCUT2D eigenvalue weighted by Crippen LogP contribution is -2.36. The molecule has 1 aliphatic rings. The number of carbonyl (C=O) groups excluding carboxylic acids is 1. The van der Waals surface area contributed by atoms with E-state index < -0.39 is 10.8 Å². The van der Waals surface area contributed by atoms with Crippen LogP contribution in [0.1, 0.15) is 12.0 Å². The predicted octanol–water partition coefficient (Wildman–Crippen LogP) is 1.59. The number of aryl methyl sites for hydroxylation is 1. The molecule has 0 radical (unpaired) electrons. The highest BCUT2D eigenvalue weighted by Crippen LogP contribution is 2.34. The van der Waals surface area contributed by atoms with Crippen LogP contribution in [0.15, 0.2) is 12.1 Å². The van der Waals surface area contributed by atoms with Crippen molar-refractivity contribution in [3.8, 4) is 6.07 Å². The van der Waals surface area contributed by atoms with Gasteiger partial charge in [0.1, 0.15) is 12.1 Å². The molecule has 0 saturated carbocycles. The van der Waals surface area contributed by atoms with Crippen molar-refractivity contribution in [1.82, 2.24) is 0 Å². The maximum Gasteiger partial charge on any atom is 0.292 e. The van der Waals surface area contributed by atoms with E-state index in [2.05, 4.69) is 5.32 Å². The molecule has 0 aliphatic carbocycles. The number of nitro benzene ring substituents is 1. The Morgan fingerprint density at radius 3 is 2.77 bits per heavy atom. The Bertz CT molecular complexity index is 632. The van der Waals surface area contributed by atoms with Gasteiger partial charge in [0.25, 0.3) is 5.69 Å². The summed E-state index contributed by atoms with van der Waals surface area (Å²) in [5.41, 5.74) is 1.51. The molecule has 8 heteroatoms. The van der Waals surface area contributed by atoms with Crippen LogP contribution in [0.5, 0.6) is 0 Å². The number of carbonyl (C=O) groups is 1. The first-order valence-electron chi connectivity index (χ1n) is 6.81. The summed E-state index contributed by atoms with van der Waals surface area (Å²) in [5.74, 6) is -0.438. The van der Waals surface area contributed by atoms with Gasteiger partial charge in [-0.3, -0.25) is 14.9 Å². The molecule has 1 aromatic rings. The van der Waals surface area contributed by atoms with E-state index in [9.17, 15) is 14.9 Å². The minimum Gasteiger partial charge on any atom is -0.378 e. The zero-order valence-electron chi connectivity index (χ0n) is 12.2. The summed E-state index contributed by atoms with van der Waals surface area (Å²) in [4.78, 5) is 24.3. The summed E-state index contributed by atoms with van der Waals surface area (Å²) in [6.45, 7) is 3.78. The number of hydrogen-bond donors (Lipinski definition) is 1. The Hall–Kier alpha value is -2.66. The highest BCUT2D eigenvalue weighted by Gasteiger charge is 2.23. The molecule has 0 atom stereocenters. The molecule has 1 heterocycles. The second kappa shape index (κ2) is 6.87. The van der Waals surface area contributed by atoms with Gasteiger partial charge in [0.2, 0.25) is 5.91 Å². The average molecular weight is 304 g/mol. The third-order valence-corrected chi connectivity index (χ3v) is 3.38. The first kappa shape index (κ1) is 15.7. The highest BCUT2D eigenvalue weighted by molar-refractivity contribution is 5.94. The molecule has 8 nitrogen and oxygen atoms in total. The summed E-state index contributed by atoms with van der Waals surface area (Å²) in [6, 6.07) is 4.80. The third-order valence-electron chi connectivity index (χ3n) is 3.38. The van der Waals surface area contributed by atoms with Gasteiger partial charge in [-0.2, -0.15) is 5.26 Å². The summed E-state index contributed by atoms with van der Waals surface area (Å²) >= 11 is 0. The second-order valence-electron chi connectivity index (χ2n) is 4.90. The molecular weight excluding hydrogens is 288 g/mol. The monoisotopic (exact) mass is 304 g/mol. The largest absolute Gasteiger partial charge is 0.378 e. The van der Waals surface area contributed by atoms with Crippen molar-refractivity contribution in [3.63, 3.8) is 0 Å². The predicted molar refractivity (Wildman–Crippen MR) is 79.7 cm³/mol. The van der Waals surface area contributed by atoms with Gasteiger partial charge in [-0.15, -0.1) is 0 Å². The molecule has 22 heavy (non-hydrogen) atoms. The zero-order chi connectivity index (χ0) is 16.1. The van der Waals surface area contributed by atoms with Crippen LogP contribution < -0.4 is 10.2 Å². The van der Waals surface area contributed by atoms with E-state index in [0.717, 1.165) is 0 Å². The van der Waals surface area contributed by atoms with Crippen LogP contribution in [0.25, 0.3) is 0 Å². The molecule has 1 amide bonds. The van der Waals surface area contributed by atoms with Gasteiger partial charge in [0, 0.05) is 24.8 Å². The van der Waals surface area contributed by atoms with Crippen LogP contribution in [0, 0.1) is 28.4 Å². The maximum atomic E-state index is 11.6. The molecule has 1 aromatic carbocycles. The maximum absolute atomic E-state index is 11.6. The van der Waals surface area contributed by atoms with Gasteiger partial charge in [-0.05, 0) is 18.6 Å². The van der Waals surface area contributed by atoms with Gasteiger partial charge in [-0.25, -0.2) is 0 Å². The van der Waals surface area contributed by atoms with E-state index >= 15 is 0 Å². The molecule has 0 spiro atoms. The number of morpholine rings is 1. The fraction of sp³-hybridized carbons (Fsp3) is 0.429. The Balaban J connectivity index is 2.38. The van der Waals surface area contributed by atoms with Crippen molar-refractivity contribution in [3.05, 3.63) is 27.8 Å². The molecular formula is C14H16N4O4. The van der Waals surface area contributed by atoms with Gasteiger partial charge >= 0.3 is 0 Å². The second-order valence-corrected chi connectivity index (χ2v) is 4.90. The smallest absolute Gasteiger partial charge is 0.292 e.